The van der Waals surface area contributed by atoms with Gasteiger partial charge in [0.2, 0.25) is 0 Å². The summed E-state index contributed by atoms with van der Waals surface area (Å²) >= 11 is 0. The maximum Gasteiger partial charge on any atom is 0.142 e. The van der Waals surface area contributed by atoms with E-state index in [0.29, 0.717) is 11.8 Å². The summed E-state index contributed by atoms with van der Waals surface area (Å²) in [7, 11) is 0. The van der Waals surface area contributed by atoms with Gasteiger partial charge in [0, 0.05) is 18.0 Å². The molecule has 3 rings (SSSR count). The van der Waals surface area contributed by atoms with Crippen LogP contribution in [0.1, 0.15) is 58.6 Å². The molecule has 0 unspecified atom stereocenters. The van der Waals surface area contributed by atoms with Crippen LogP contribution in [0.3, 0.4) is 0 Å². The van der Waals surface area contributed by atoms with Crippen LogP contribution in [0.25, 0.3) is 0 Å². The smallest absolute Gasteiger partial charge is 0.142 e. The van der Waals surface area contributed by atoms with Crippen LogP contribution in [0.4, 0.5) is 0 Å². The summed E-state index contributed by atoms with van der Waals surface area (Å²) in [5.74, 6) is 1.22. The Hall–Kier alpha value is -1.16. The van der Waals surface area contributed by atoms with E-state index in [1.807, 2.05) is 37.3 Å². The van der Waals surface area contributed by atoms with Crippen molar-refractivity contribution in [1.82, 2.24) is 4.90 Å². The minimum Gasteiger partial charge on any atom is -0.384 e. The second kappa shape index (κ2) is 7.61. The number of allylic oxidation sites excluding steroid dienone is 1. The standard InChI is InChI=1S/C22H33NO2/c1-5-6-14-23-21(20(24)17-10-8-7-9-11-17)25-19-15-16(2)12-13-18(19)22(23,3)4/h5-11,16,18-21,24H,12-15H2,1-4H3/b6-5+/t16-,18-,19-,20+,21+/m1/s1. The zero-order valence-electron chi connectivity index (χ0n) is 16.1. The molecule has 1 saturated heterocycles. The van der Waals surface area contributed by atoms with Gasteiger partial charge >= 0.3 is 0 Å². The van der Waals surface area contributed by atoms with Gasteiger partial charge in [-0.1, -0.05) is 55.8 Å². The second-order valence-electron chi connectivity index (χ2n) is 8.32. The molecule has 25 heavy (non-hydrogen) atoms. The fourth-order valence-electron chi connectivity index (χ4n) is 4.70. The third kappa shape index (κ3) is 3.69. The Bertz CT molecular complexity index is 583. The van der Waals surface area contributed by atoms with E-state index in [9.17, 15) is 5.11 Å². The zero-order chi connectivity index (χ0) is 18.0. The van der Waals surface area contributed by atoms with Gasteiger partial charge in [-0.25, -0.2) is 0 Å². The van der Waals surface area contributed by atoms with Gasteiger partial charge in [0.1, 0.15) is 12.3 Å². The number of nitrogens with zero attached hydrogens (tertiary/aromatic N) is 1. The lowest BCUT2D eigenvalue weighted by molar-refractivity contribution is -0.258. The number of ether oxygens (including phenoxy) is 1. The lowest BCUT2D eigenvalue weighted by atomic mass is 9.69. The Labute approximate surface area is 152 Å². The minimum atomic E-state index is -0.635. The van der Waals surface area contributed by atoms with Crippen LogP contribution in [-0.4, -0.2) is 34.4 Å². The summed E-state index contributed by atoms with van der Waals surface area (Å²) in [6, 6.07) is 9.93. The van der Waals surface area contributed by atoms with Crippen LogP contribution < -0.4 is 0 Å². The average Bonchev–Trinajstić information content (AvgIpc) is 2.60. The molecule has 2 aliphatic rings. The number of hydrogen-bond acceptors (Lipinski definition) is 3. The van der Waals surface area contributed by atoms with Crippen molar-refractivity contribution in [3.63, 3.8) is 0 Å². The second-order valence-corrected chi connectivity index (χ2v) is 8.32. The van der Waals surface area contributed by atoms with Gasteiger partial charge in [-0.05, 0) is 45.1 Å². The van der Waals surface area contributed by atoms with E-state index in [1.54, 1.807) is 0 Å². The molecule has 1 saturated carbocycles. The number of aliphatic hydroxyl groups is 1. The van der Waals surface area contributed by atoms with Gasteiger partial charge in [0.05, 0.1) is 6.10 Å². The van der Waals surface area contributed by atoms with E-state index >= 15 is 0 Å². The van der Waals surface area contributed by atoms with Crippen molar-refractivity contribution >= 4 is 0 Å². The van der Waals surface area contributed by atoms with Crippen LogP contribution in [-0.2, 0) is 4.74 Å². The van der Waals surface area contributed by atoms with Crippen molar-refractivity contribution in [2.24, 2.45) is 11.8 Å². The predicted octanol–water partition coefficient (Wildman–Crippen LogP) is 4.54. The fraction of sp³-hybridized carbons (Fsp3) is 0.636. The van der Waals surface area contributed by atoms with Crippen molar-refractivity contribution in [2.45, 2.75) is 70.9 Å². The summed E-state index contributed by atoms with van der Waals surface area (Å²) in [6.07, 6.45) is 7.13. The van der Waals surface area contributed by atoms with E-state index < -0.39 is 6.10 Å². The Kier molecular flexibility index (Phi) is 5.67. The van der Waals surface area contributed by atoms with Gasteiger partial charge in [-0.3, -0.25) is 4.90 Å². The average molecular weight is 344 g/mol. The molecule has 5 atom stereocenters. The molecule has 1 N–H and O–H groups in total. The molecular formula is C22H33NO2. The molecule has 1 aliphatic carbocycles. The van der Waals surface area contributed by atoms with Crippen LogP contribution in [0.2, 0.25) is 0 Å². The molecule has 1 aliphatic heterocycles. The summed E-state index contributed by atoms with van der Waals surface area (Å²) in [5, 5.41) is 11.1. The lowest BCUT2D eigenvalue weighted by Gasteiger charge is -2.58. The predicted molar refractivity (Wildman–Crippen MR) is 102 cm³/mol. The van der Waals surface area contributed by atoms with Crippen molar-refractivity contribution in [3.05, 3.63) is 48.0 Å². The third-order valence-corrected chi connectivity index (χ3v) is 6.27. The molecule has 0 aromatic heterocycles. The van der Waals surface area contributed by atoms with Crippen LogP contribution in [0.5, 0.6) is 0 Å². The molecule has 0 amide bonds. The van der Waals surface area contributed by atoms with Crippen LogP contribution in [0, 0.1) is 11.8 Å². The summed E-state index contributed by atoms with van der Waals surface area (Å²) < 4.78 is 6.56. The molecule has 2 fully saturated rings. The van der Waals surface area contributed by atoms with Gasteiger partial charge in [-0.2, -0.15) is 0 Å². The summed E-state index contributed by atoms with van der Waals surface area (Å²) in [4.78, 5) is 2.36. The number of aliphatic hydroxyl groups excluding tert-OH is 1. The molecule has 0 spiro atoms. The quantitative estimate of drug-likeness (QED) is 0.815. The highest BCUT2D eigenvalue weighted by Gasteiger charge is 2.51. The van der Waals surface area contributed by atoms with Crippen molar-refractivity contribution in [3.8, 4) is 0 Å². The van der Waals surface area contributed by atoms with Crippen molar-refractivity contribution in [2.75, 3.05) is 6.54 Å². The maximum absolute atomic E-state index is 11.1. The third-order valence-electron chi connectivity index (χ3n) is 6.27. The summed E-state index contributed by atoms with van der Waals surface area (Å²) in [5.41, 5.74) is 0.930. The number of rotatable bonds is 4. The lowest BCUT2D eigenvalue weighted by Crippen LogP contribution is -2.65. The highest BCUT2D eigenvalue weighted by molar-refractivity contribution is 5.19. The molecule has 0 radical (unpaired) electrons. The number of hydrogen-bond donors (Lipinski definition) is 1. The van der Waals surface area contributed by atoms with Crippen LogP contribution in [0.15, 0.2) is 42.5 Å². The molecule has 1 aromatic carbocycles. The van der Waals surface area contributed by atoms with Crippen molar-refractivity contribution < 1.29 is 9.84 Å². The van der Waals surface area contributed by atoms with Gasteiger partial charge in [-0.15, -0.1) is 0 Å². The van der Waals surface area contributed by atoms with Gasteiger partial charge in [0.15, 0.2) is 0 Å². The first-order chi connectivity index (χ1) is 11.9. The Balaban J connectivity index is 1.92. The first kappa shape index (κ1) is 18.6. The largest absolute Gasteiger partial charge is 0.384 e. The highest BCUT2D eigenvalue weighted by atomic mass is 16.5. The number of benzene rings is 1. The maximum atomic E-state index is 11.1. The molecule has 3 nitrogen and oxygen atoms in total. The molecular weight excluding hydrogens is 310 g/mol. The molecule has 0 bridgehead atoms. The zero-order valence-corrected chi connectivity index (χ0v) is 16.1. The molecule has 138 valence electrons. The van der Waals surface area contributed by atoms with Crippen molar-refractivity contribution in [1.29, 1.82) is 0 Å². The minimum absolute atomic E-state index is 0.00297. The molecule has 3 heteroatoms. The van der Waals surface area contributed by atoms with E-state index in [4.69, 9.17) is 4.74 Å². The molecule has 1 aromatic rings. The first-order valence-corrected chi connectivity index (χ1v) is 9.71. The first-order valence-electron chi connectivity index (χ1n) is 9.71. The SMILES string of the molecule is C/C=C/CN1[C@H]([C@@H](O)c2ccccc2)O[C@@H]2C[C@H](C)CC[C@H]2C1(C)C. The van der Waals surface area contributed by atoms with E-state index in [2.05, 4.69) is 37.8 Å². The van der Waals surface area contributed by atoms with Gasteiger partial charge < -0.3 is 9.84 Å². The van der Waals surface area contributed by atoms with Crippen LogP contribution >= 0.6 is 0 Å². The highest BCUT2D eigenvalue weighted by Crippen LogP contribution is 2.46. The van der Waals surface area contributed by atoms with E-state index in [1.165, 1.54) is 12.8 Å². The fourth-order valence-corrected chi connectivity index (χ4v) is 4.70. The Morgan fingerprint density at radius 3 is 2.68 bits per heavy atom. The molecule has 1 heterocycles. The topological polar surface area (TPSA) is 32.7 Å². The summed E-state index contributed by atoms with van der Waals surface area (Å²) in [6.45, 7) is 9.83. The van der Waals surface area contributed by atoms with E-state index in [-0.39, 0.29) is 17.9 Å². The Morgan fingerprint density at radius 2 is 2.00 bits per heavy atom. The van der Waals surface area contributed by atoms with Gasteiger partial charge in [0.25, 0.3) is 0 Å². The van der Waals surface area contributed by atoms with E-state index in [0.717, 1.165) is 18.5 Å². The normalized spacial score (nSPS) is 34.0. The monoisotopic (exact) mass is 343 g/mol. The number of fused-ring (bicyclic) bond motifs is 1. The Morgan fingerprint density at radius 1 is 1.28 bits per heavy atom.